The van der Waals surface area contributed by atoms with Crippen LogP contribution in [-0.2, 0) is 0 Å². The van der Waals surface area contributed by atoms with Gasteiger partial charge >= 0.3 is 0 Å². The van der Waals surface area contributed by atoms with E-state index >= 15 is 0 Å². The Hall–Kier alpha value is -1.51. The Labute approximate surface area is 128 Å². The molecule has 1 aromatic heterocycles. The van der Waals surface area contributed by atoms with Crippen LogP contribution < -0.4 is 0 Å². The van der Waals surface area contributed by atoms with Crippen LogP contribution >= 0.6 is 23.2 Å². The van der Waals surface area contributed by atoms with Crippen molar-refractivity contribution in [1.29, 1.82) is 0 Å². The molecule has 4 heteroatoms. The number of halogens is 2. The number of hydrogen-bond donors (Lipinski definition) is 0. The summed E-state index contributed by atoms with van der Waals surface area (Å²) in [5.41, 5.74) is 2.38. The van der Waals surface area contributed by atoms with E-state index in [0.717, 1.165) is 18.4 Å². The largest absolute Gasteiger partial charge is 0.326 e. The van der Waals surface area contributed by atoms with Gasteiger partial charge in [0.05, 0.1) is 12.4 Å². The maximum absolute atomic E-state index is 6.40. The minimum Gasteiger partial charge on any atom is -0.326 e. The second-order valence-corrected chi connectivity index (χ2v) is 5.63. The normalized spacial score (nSPS) is 16.0. The predicted octanol–water partition coefficient (Wildman–Crippen LogP) is 5.06. The Kier molecular flexibility index (Phi) is 3.95. The molecule has 2 nitrogen and oxygen atoms in total. The van der Waals surface area contributed by atoms with E-state index in [2.05, 4.69) is 27.8 Å². The fourth-order valence-electron chi connectivity index (χ4n) is 2.55. The zero-order valence-electron chi connectivity index (χ0n) is 10.8. The lowest BCUT2D eigenvalue weighted by Crippen LogP contribution is -2.13. The molecule has 0 saturated heterocycles. The molecule has 20 heavy (non-hydrogen) atoms. The fraction of sp³-hybridized carbons (Fsp3) is 0.188. The SMILES string of the molecule is Clc1ccc(C(C2=CC=CCC2)n2ccnc2)c(Cl)c1. The second-order valence-electron chi connectivity index (χ2n) is 4.79. The lowest BCUT2D eigenvalue weighted by Gasteiger charge is -2.24. The molecule has 0 radical (unpaired) electrons. The molecule has 1 aliphatic rings. The molecule has 1 aliphatic carbocycles. The van der Waals surface area contributed by atoms with Gasteiger partial charge < -0.3 is 4.57 Å². The van der Waals surface area contributed by atoms with Gasteiger partial charge in [-0.1, -0.05) is 47.5 Å². The van der Waals surface area contributed by atoms with Crippen LogP contribution in [0.25, 0.3) is 0 Å². The molecule has 1 aromatic carbocycles. The van der Waals surface area contributed by atoms with Gasteiger partial charge in [0, 0.05) is 22.4 Å². The number of imidazole rings is 1. The summed E-state index contributed by atoms with van der Waals surface area (Å²) < 4.78 is 2.08. The lowest BCUT2D eigenvalue weighted by molar-refractivity contribution is 0.633. The van der Waals surface area contributed by atoms with E-state index in [1.54, 1.807) is 12.3 Å². The molecule has 0 fully saturated rings. The summed E-state index contributed by atoms with van der Waals surface area (Å²) in [6, 6.07) is 5.74. The number of nitrogens with zero attached hydrogens (tertiary/aromatic N) is 2. The third-order valence-electron chi connectivity index (χ3n) is 3.48. The van der Waals surface area contributed by atoms with Crippen LogP contribution in [0.4, 0.5) is 0 Å². The number of benzene rings is 1. The highest BCUT2D eigenvalue weighted by molar-refractivity contribution is 6.35. The van der Waals surface area contributed by atoms with Crippen LogP contribution in [0.3, 0.4) is 0 Å². The lowest BCUT2D eigenvalue weighted by atomic mass is 9.92. The maximum Gasteiger partial charge on any atom is 0.0954 e. The van der Waals surface area contributed by atoms with Crippen LogP contribution in [0, 0.1) is 0 Å². The van der Waals surface area contributed by atoms with Crippen LogP contribution in [0.2, 0.25) is 10.0 Å². The summed E-state index contributed by atoms with van der Waals surface area (Å²) in [4.78, 5) is 4.16. The van der Waals surface area contributed by atoms with Crippen molar-refractivity contribution in [2.75, 3.05) is 0 Å². The zero-order chi connectivity index (χ0) is 13.9. The first-order chi connectivity index (χ1) is 9.75. The molecule has 0 bridgehead atoms. The third kappa shape index (κ3) is 2.67. The molecule has 0 aliphatic heterocycles. The first-order valence-electron chi connectivity index (χ1n) is 6.53. The van der Waals surface area contributed by atoms with Crippen LogP contribution in [-0.4, -0.2) is 9.55 Å². The average molecular weight is 305 g/mol. The van der Waals surface area contributed by atoms with Crippen molar-refractivity contribution < 1.29 is 0 Å². The van der Waals surface area contributed by atoms with Gasteiger partial charge in [0.15, 0.2) is 0 Å². The van der Waals surface area contributed by atoms with Gasteiger partial charge in [-0.3, -0.25) is 0 Å². The highest BCUT2D eigenvalue weighted by Gasteiger charge is 2.21. The van der Waals surface area contributed by atoms with Gasteiger partial charge in [-0.25, -0.2) is 4.98 Å². The van der Waals surface area contributed by atoms with Crippen molar-refractivity contribution in [2.24, 2.45) is 0 Å². The molecule has 1 unspecified atom stereocenters. The van der Waals surface area contributed by atoms with E-state index in [1.807, 2.05) is 24.7 Å². The van der Waals surface area contributed by atoms with Gasteiger partial charge in [0.2, 0.25) is 0 Å². The Morgan fingerprint density at radius 2 is 2.15 bits per heavy atom. The summed E-state index contributed by atoms with van der Waals surface area (Å²) in [5.74, 6) is 0. The van der Waals surface area contributed by atoms with Gasteiger partial charge in [-0.05, 0) is 36.1 Å². The Morgan fingerprint density at radius 3 is 2.80 bits per heavy atom. The zero-order valence-corrected chi connectivity index (χ0v) is 12.3. The highest BCUT2D eigenvalue weighted by atomic mass is 35.5. The molecule has 1 heterocycles. The average Bonchev–Trinajstić information content (AvgIpc) is 2.97. The van der Waals surface area contributed by atoms with Crippen molar-refractivity contribution in [1.82, 2.24) is 9.55 Å². The minimum absolute atomic E-state index is 0.0761. The van der Waals surface area contributed by atoms with E-state index in [4.69, 9.17) is 23.2 Å². The molecule has 0 amide bonds. The molecule has 2 aromatic rings. The Morgan fingerprint density at radius 1 is 1.25 bits per heavy atom. The van der Waals surface area contributed by atoms with Crippen molar-refractivity contribution in [3.8, 4) is 0 Å². The number of hydrogen-bond acceptors (Lipinski definition) is 1. The summed E-state index contributed by atoms with van der Waals surface area (Å²) in [6.45, 7) is 0. The summed E-state index contributed by atoms with van der Waals surface area (Å²) in [5, 5.41) is 1.34. The topological polar surface area (TPSA) is 17.8 Å². The van der Waals surface area contributed by atoms with E-state index in [1.165, 1.54) is 5.57 Å². The monoisotopic (exact) mass is 304 g/mol. The van der Waals surface area contributed by atoms with Gasteiger partial charge in [-0.2, -0.15) is 0 Å². The predicted molar refractivity (Wildman–Crippen MR) is 83.3 cm³/mol. The van der Waals surface area contributed by atoms with Crippen LogP contribution in [0.1, 0.15) is 24.4 Å². The molecular weight excluding hydrogens is 291 g/mol. The fourth-order valence-corrected chi connectivity index (χ4v) is 3.06. The van der Waals surface area contributed by atoms with Crippen molar-refractivity contribution >= 4 is 23.2 Å². The smallest absolute Gasteiger partial charge is 0.0954 e. The number of rotatable bonds is 3. The van der Waals surface area contributed by atoms with Crippen molar-refractivity contribution in [3.05, 3.63) is 76.3 Å². The Balaban J connectivity index is 2.10. The first kappa shape index (κ1) is 13.5. The van der Waals surface area contributed by atoms with Crippen molar-refractivity contribution in [3.63, 3.8) is 0 Å². The number of allylic oxidation sites excluding steroid dienone is 4. The van der Waals surface area contributed by atoms with Gasteiger partial charge in [0.25, 0.3) is 0 Å². The highest BCUT2D eigenvalue weighted by Crippen LogP contribution is 2.36. The van der Waals surface area contributed by atoms with Crippen molar-refractivity contribution in [2.45, 2.75) is 18.9 Å². The van der Waals surface area contributed by atoms with Crippen LogP contribution in [0.5, 0.6) is 0 Å². The summed E-state index contributed by atoms with van der Waals surface area (Å²) in [6.07, 6.45) is 14.1. The minimum atomic E-state index is 0.0761. The van der Waals surface area contributed by atoms with Crippen LogP contribution in [0.15, 0.2) is 60.7 Å². The number of aromatic nitrogens is 2. The van der Waals surface area contributed by atoms with Gasteiger partial charge in [-0.15, -0.1) is 0 Å². The quantitative estimate of drug-likeness (QED) is 0.775. The molecule has 3 rings (SSSR count). The maximum atomic E-state index is 6.40. The third-order valence-corrected chi connectivity index (χ3v) is 4.04. The molecule has 1 atom stereocenters. The molecule has 0 saturated carbocycles. The van der Waals surface area contributed by atoms with E-state index in [9.17, 15) is 0 Å². The van der Waals surface area contributed by atoms with Gasteiger partial charge in [0.1, 0.15) is 0 Å². The summed E-state index contributed by atoms with van der Waals surface area (Å²) >= 11 is 12.4. The van der Waals surface area contributed by atoms with E-state index < -0.39 is 0 Å². The van der Waals surface area contributed by atoms with E-state index in [0.29, 0.717) is 10.0 Å². The Bertz CT molecular complexity index is 657. The molecule has 0 spiro atoms. The second kappa shape index (κ2) is 5.86. The van der Waals surface area contributed by atoms with E-state index in [-0.39, 0.29) is 6.04 Å². The molecule has 0 N–H and O–H groups in total. The first-order valence-corrected chi connectivity index (χ1v) is 7.29. The molecule has 102 valence electrons. The standard InChI is InChI=1S/C16H14Cl2N2/c17-13-6-7-14(15(18)10-13)16(20-9-8-19-11-20)12-4-2-1-3-5-12/h1-2,4,6-11,16H,3,5H2. The molecular formula is C16H14Cl2N2. The summed E-state index contributed by atoms with van der Waals surface area (Å²) in [7, 11) is 0.